The molecule has 0 radical (unpaired) electrons. The van der Waals surface area contributed by atoms with Gasteiger partial charge in [0.25, 0.3) is 0 Å². The van der Waals surface area contributed by atoms with Crippen LogP contribution >= 0.6 is 0 Å². The van der Waals surface area contributed by atoms with Gasteiger partial charge in [-0.2, -0.15) is 0 Å². The molecular weight excluding hydrogens is 755 g/mol. The van der Waals surface area contributed by atoms with Crippen LogP contribution in [-0.4, -0.2) is 15.0 Å². The summed E-state index contributed by atoms with van der Waals surface area (Å²) in [6, 6.07) is 70.9. The molecule has 1 aliphatic rings. The van der Waals surface area contributed by atoms with E-state index in [2.05, 4.69) is 201 Å². The van der Waals surface area contributed by atoms with Crippen LogP contribution in [0.3, 0.4) is 0 Å². The average molecular weight is 794 g/mol. The van der Waals surface area contributed by atoms with Crippen molar-refractivity contribution < 1.29 is 4.42 Å². The highest BCUT2D eigenvalue weighted by molar-refractivity contribution is 6.13. The van der Waals surface area contributed by atoms with Crippen molar-refractivity contribution in [3.05, 3.63) is 222 Å². The largest absolute Gasteiger partial charge is 0.456 e. The quantitative estimate of drug-likeness (QED) is 0.168. The van der Waals surface area contributed by atoms with Crippen LogP contribution in [0.4, 0.5) is 0 Å². The van der Waals surface area contributed by atoms with Crippen LogP contribution in [0.15, 0.2) is 205 Å². The molecule has 9 aromatic carbocycles. The Bertz CT molecular complexity index is 3540. The van der Waals surface area contributed by atoms with Gasteiger partial charge in [-0.1, -0.05) is 189 Å². The Labute approximate surface area is 359 Å². The maximum atomic E-state index is 6.73. The Hall–Kier alpha value is -7.95. The fourth-order valence-electron chi connectivity index (χ4n) is 9.70. The van der Waals surface area contributed by atoms with Gasteiger partial charge < -0.3 is 4.42 Å². The molecule has 0 aliphatic heterocycles. The monoisotopic (exact) mass is 793 g/mol. The molecule has 0 saturated carbocycles. The predicted octanol–water partition coefficient (Wildman–Crippen LogP) is 15.1. The summed E-state index contributed by atoms with van der Waals surface area (Å²) in [5.74, 6) is 2.17. The zero-order chi connectivity index (χ0) is 41.1. The third kappa shape index (κ3) is 6.11. The van der Waals surface area contributed by atoms with Gasteiger partial charge in [-0.05, 0) is 90.7 Å². The standard InChI is InChI=1S/C58H39N3O/c1-36-50(33-43-19-8-10-22-48(43)54(36)40-16-3-2-4-17-40)45-34-51(55-49-23-11-12-25-52(49)62-53(55)35-45)58-60-56(59-57(61-58)44-31-26-37-14-5-6-18-42(37)32-44)41-29-27-39(28-30-41)47-24-13-20-38-15-7-9-21-46(38)47/h2-36,54H,1H3. The summed E-state index contributed by atoms with van der Waals surface area (Å²) >= 11 is 0. The summed E-state index contributed by atoms with van der Waals surface area (Å²) in [5.41, 5.74) is 12.9. The molecule has 4 nitrogen and oxygen atoms in total. The number of rotatable bonds is 6. The number of aromatic nitrogens is 3. The first-order valence-electron chi connectivity index (χ1n) is 21.3. The molecule has 12 rings (SSSR count). The van der Waals surface area contributed by atoms with Crippen molar-refractivity contribution in [3.8, 4) is 45.3 Å². The first-order valence-corrected chi connectivity index (χ1v) is 21.3. The minimum Gasteiger partial charge on any atom is -0.456 e. The highest BCUT2D eigenvalue weighted by atomic mass is 16.3. The number of fused-ring (bicyclic) bond motifs is 6. The average Bonchev–Trinajstić information content (AvgIpc) is 3.72. The number of benzene rings is 9. The normalized spacial score (nSPS) is 15.0. The lowest BCUT2D eigenvalue weighted by Crippen LogP contribution is -2.18. The van der Waals surface area contributed by atoms with Gasteiger partial charge in [0, 0.05) is 33.4 Å². The molecule has 0 fully saturated rings. The van der Waals surface area contributed by atoms with Crippen LogP contribution in [0, 0.1) is 5.92 Å². The van der Waals surface area contributed by atoms with Gasteiger partial charge in [0.05, 0.1) is 0 Å². The van der Waals surface area contributed by atoms with Crippen LogP contribution in [0.2, 0.25) is 0 Å². The molecule has 4 heteroatoms. The molecule has 11 aromatic rings. The second-order valence-electron chi connectivity index (χ2n) is 16.4. The second kappa shape index (κ2) is 14.6. The summed E-state index contributed by atoms with van der Waals surface area (Å²) in [4.78, 5) is 16.0. The van der Waals surface area contributed by atoms with E-state index in [0.29, 0.717) is 17.5 Å². The Morgan fingerprint density at radius 3 is 1.92 bits per heavy atom. The number of hydrogen-bond donors (Lipinski definition) is 0. The van der Waals surface area contributed by atoms with E-state index in [0.717, 1.165) is 55.1 Å². The first kappa shape index (κ1) is 35.9. The zero-order valence-corrected chi connectivity index (χ0v) is 34.0. The van der Waals surface area contributed by atoms with Crippen molar-refractivity contribution >= 4 is 55.1 Å². The third-order valence-corrected chi connectivity index (χ3v) is 12.7. The van der Waals surface area contributed by atoms with Gasteiger partial charge in [0.1, 0.15) is 11.2 Å². The highest BCUT2D eigenvalue weighted by Crippen LogP contribution is 2.48. The van der Waals surface area contributed by atoms with Crippen LogP contribution in [0.1, 0.15) is 35.1 Å². The lowest BCUT2D eigenvalue weighted by atomic mass is 9.70. The van der Waals surface area contributed by atoms with E-state index in [1.807, 2.05) is 12.1 Å². The summed E-state index contributed by atoms with van der Waals surface area (Å²) in [5, 5.41) is 6.75. The van der Waals surface area contributed by atoms with Crippen molar-refractivity contribution in [2.24, 2.45) is 5.92 Å². The molecule has 0 spiro atoms. The van der Waals surface area contributed by atoms with E-state index < -0.39 is 0 Å². The molecule has 2 heterocycles. The smallest absolute Gasteiger partial charge is 0.164 e. The molecule has 0 amide bonds. The molecule has 1 aliphatic carbocycles. The van der Waals surface area contributed by atoms with Crippen molar-refractivity contribution in [1.82, 2.24) is 15.0 Å². The van der Waals surface area contributed by atoms with Crippen LogP contribution in [0.25, 0.3) is 100 Å². The van der Waals surface area contributed by atoms with Gasteiger partial charge in [0.15, 0.2) is 17.5 Å². The fraction of sp³-hybridized carbons (Fsp3) is 0.0517. The molecule has 0 bridgehead atoms. The zero-order valence-electron chi connectivity index (χ0n) is 34.0. The van der Waals surface area contributed by atoms with Crippen LogP contribution < -0.4 is 0 Å². The molecule has 2 unspecified atom stereocenters. The molecular formula is C58H39N3O. The molecule has 2 aromatic heterocycles. The van der Waals surface area contributed by atoms with Gasteiger partial charge in [-0.3, -0.25) is 0 Å². The van der Waals surface area contributed by atoms with Crippen molar-refractivity contribution in [2.75, 3.05) is 0 Å². The fourth-order valence-corrected chi connectivity index (χ4v) is 9.70. The molecule has 0 saturated heterocycles. The van der Waals surface area contributed by atoms with Crippen LogP contribution in [-0.2, 0) is 0 Å². The number of para-hydroxylation sites is 1. The lowest BCUT2D eigenvalue weighted by Gasteiger charge is -2.33. The Balaban J connectivity index is 1.07. The van der Waals surface area contributed by atoms with Crippen LogP contribution in [0.5, 0.6) is 0 Å². The Kier molecular flexibility index (Phi) is 8.49. The van der Waals surface area contributed by atoms with Crippen molar-refractivity contribution in [2.45, 2.75) is 12.8 Å². The third-order valence-electron chi connectivity index (χ3n) is 12.7. The van der Waals surface area contributed by atoms with Gasteiger partial charge in [-0.25, -0.2) is 15.0 Å². The van der Waals surface area contributed by atoms with E-state index >= 15 is 0 Å². The van der Waals surface area contributed by atoms with Gasteiger partial charge >= 0.3 is 0 Å². The van der Waals surface area contributed by atoms with E-state index in [9.17, 15) is 0 Å². The molecule has 62 heavy (non-hydrogen) atoms. The molecule has 0 N–H and O–H groups in total. The summed E-state index contributed by atoms with van der Waals surface area (Å²) in [7, 11) is 0. The lowest BCUT2D eigenvalue weighted by molar-refractivity contribution is 0.635. The number of allylic oxidation sites excluding steroid dienone is 1. The topological polar surface area (TPSA) is 51.8 Å². The summed E-state index contributed by atoms with van der Waals surface area (Å²) in [6.07, 6.45) is 2.36. The summed E-state index contributed by atoms with van der Waals surface area (Å²) < 4.78 is 6.73. The SMILES string of the molecule is CC1C(c2cc(-c3nc(-c4ccc(-c5cccc6ccccc56)cc4)nc(-c4ccc5ccccc5c4)n3)c3c(c2)oc2ccccc23)=Cc2ccccc2C1c1ccccc1. The number of nitrogens with zero attached hydrogens (tertiary/aromatic N) is 3. The highest BCUT2D eigenvalue weighted by Gasteiger charge is 2.31. The second-order valence-corrected chi connectivity index (χ2v) is 16.4. The predicted molar refractivity (Wildman–Crippen MR) is 256 cm³/mol. The first-order chi connectivity index (χ1) is 30.6. The molecule has 2 atom stereocenters. The maximum absolute atomic E-state index is 6.73. The minimum absolute atomic E-state index is 0.171. The maximum Gasteiger partial charge on any atom is 0.164 e. The van der Waals surface area contributed by atoms with Gasteiger partial charge in [0.2, 0.25) is 0 Å². The minimum atomic E-state index is 0.171. The van der Waals surface area contributed by atoms with Crippen molar-refractivity contribution in [3.63, 3.8) is 0 Å². The van der Waals surface area contributed by atoms with E-state index in [4.69, 9.17) is 19.4 Å². The number of hydrogen-bond acceptors (Lipinski definition) is 4. The van der Waals surface area contributed by atoms with E-state index in [1.54, 1.807) is 0 Å². The van der Waals surface area contributed by atoms with E-state index in [-0.39, 0.29) is 11.8 Å². The van der Waals surface area contributed by atoms with Crippen molar-refractivity contribution in [1.29, 1.82) is 0 Å². The Morgan fingerprint density at radius 1 is 0.419 bits per heavy atom. The summed E-state index contributed by atoms with van der Waals surface area (Å²) in [6.45, 7) is 2.35. The van der Waals surface area contributed by atoms with E-state index in [1.165, 1.54) is 44.0 Å². The Morgan fingerprint density at radius 2 is 1.06 bits per heavy atom. The molecule has 292 valence electrons. The van der Waals surface area contributed by atoms with Gasteiger partial charge in [-0.15, -0.1) is 0 Å². The number of furan rings is 1.